The smallest absolute Gasteiger partial charge is 0.142 e. The monoisotopic (exact) mass is 345 g/mol. The fourth-order valence-corrected chi connectivity index (χ4v) is 2.74. The Labute approximate surface area is 131 Å². The van der Waals surface area contributed by atoms with Crippen molar-refractivity contribution in [3.8, 4) is 5.75 Å². The lowest BCUT2D eigenvalue weighted by molar-refractivity contribution is 0.416. The van der Waals surface area contributed by atoms with E-state index in [-0.39, 0.29) is 0 Å². The molecule has 0 aliphatic rings. The molecule has 3 aromatic rings. The van der Waals surface area contributed by atoms with E-state index in [4.69, 9.17) is 4.74 Å². The van der Waals surface area contributed by atoms with Gasteiger partial charge in [-0.2, -0.15) is 0 Å². The molecule has 0 amide bonds. The van der Waals surface area contributed by atoms with Crippen LogP contribution in [0.2, 0.25) is 0 Å². The van der Waals surface area contributed by atoms with E-state index < -0.39 is 0 Å². The molecule has 108 valence electrons. The van der Waals surface area contributed by atoms with E-state index in [0.29, 0.717) is 6.54 Å². The van der Waals surface area contributed by atoms with Gasteiger partial charge in [-0.1, -0.05) is 22.0 Å². The number of fused-ring (bicyclic) bond motifs is 1. The van der Waals surface area contributed by atoms with Gasteiger partial charge in [-0.3, -0.25) is 0 Å². The fraction of sp³-hybridized carbons (Fsp3) is 0.188. The molecule has 2 heterocycles. The lowest BCUT2D eigenvalue weighted by atomic mass is 10.2. The molecule has 5 heteroatoms. The van der Waals surface area contributed by atoms with Crippen LogP contribution >= 0.6 is 15.9 Å². The van der Waals surface area contributed by atoms with Crippen molar-refractivity contribution in [1.29, 1.82) is 0 Å². The SMILES string of the molecule is COc1ccc(Br)cc1NCc1c(C)nc2ccccn12. The molecule has 0 bridgehead atoms. The molecular formula is C16H16BrN3O. The Morgan fingerprint density at radius 1 is 1.29 bits per heavy atom. The Kier molecular flexibility index (Phi) is 3.84. The molecule has 21 heavy (non-hydrogen) atoms. The first kappa shape index (κ1) is 13.9. The molecule has 0 saturated heterocycles. The van der Waals surface area contributed by atoms with Crippen molar-refractivity contribution in [2.45, 2.75) is 13.5 Å². The van der Waals surface area contributed by atoms with Crippen LogP contribution in [0.1, 0.15) is 11.4 Å². The van der Waals surface area contributed by atoms with Crippen molar-refractivity contribution < 1.29 is 4.74 Å². The van der Waals surface area contributed by atoms with Crippen molar-refractivity contribution in [1.82, 2.24) is 9.38 Å². The number of aryl methyl sites for hydroxylation is 1. The highest BCUT2D eigenvalue weighted by atomic mass is 79.9. The number of nitrogens with one attached hydrogen (secondary N) is 1. The second-order valence-electron chi connectivity index (χ2n) is 4.77. The molecule has 2 aromatic heterocycles. The summed E-state index contributed by atoms with van der Waals surface area (Å²) in [6.07, 6.45) is 2.03. The molecule has 0 atom stereocenters. The molecule has 1 N–H and O–H groups in total. The summed E-state index contributed by atoms with van der Waals surface area (Å²) in [6.45, 7) is 2.71. The van der Waals surface area contributed by atoms with Crippen molar-refractivity contribution >= 4 is 27.3 Å². The number of nitrogens with zero attached hydrogens (tertiary/aromatic N) is 2. The minimum absolute atomic E-state index is 0.684. The molecule has 4 nitrogen and oxygen atoms in total. The lowest BCUT2D eigenvalue weighted by Crippen LogP contribution is -2.05. The molecule has 0 aliphatic heterocycles. The Morgan fingerprint density at radius 2 is 2.14 bits per heavy atom. The standard InChI is InChI=1S/C16H16BrN3O/c1-11-14(20-8-4-3-5-16(20)19-11)10-18-13-9-12(17)6-7-15(13)21-2/h3-9,18H,10H2,1-2H3. The number of halogens is 1. The summed E-state index contributed by atoms with van der Waals surface area (Å²) in [6, 6.07) is 11.9. The lowest BCUT2D eigenvalue weighted by Gasteiger charge is -2.12. The predicted molar refractivity (Wildman–Crippen MR) is 87.9 cm³/mol. The summed E-state index contributed by atoms with van der Waals surface area (Å²) >= 11 is 3.49. The third-order valence-corrected chi connectivity index (χ3v) is 3.93. The maximum atomic E-state index is 5.38. The molecule has 0 saturated carbocycles. The molecule has 0 fully saturated rings. The van der Waals surface area contributed by atoms with Gasteiger partial charge in [0.15, 0.2) is 0 Å². The summed E-state index contributed by atoms with van der Waals surface area (Å²) in [4.78, 5) is 4.57. The van der Waals surface area contributed by atoms with E-state index in [2.05, 4.69) is 30.6 Å². The van der Waals surface area contributed by atoms with Crippen LogP contribution in [0, 0.1) is 6.92 Å². The molecule has 0 spiro atoms. The van der Waals surface area contributed by atoms with Crippen LogP contribution in [-0.2, 0) is 6.54 Å². The normalized spacial score (nSPS) is 10.8. The van der Waals surface area contributed by atoms with E-state index >= 15 is 0 Å². The molecule has 0 radical (unpaired) electrons. The van der Waals surface area contributed by atoms with Gasteiger partial charge in [0.1, 0.15) is 11.4 Å². The first-order chi connectivity index (χ1) is 10.2. The van der Waals surface area contributed by atoms with Crippen molar-refractivity contribution in [3.05, 3.63) is 58.5 Å². The first-order valence-electron chi connectivity index (χ1n) is 6.69. The van der Waals surface area contributed by atoms with Crippen LogP contribution in [0.5, 0.6) is 5.75 Å². The van der Waals surface area contributed by atoms with Crippen molar-refractivity contribution in [3.63, 3.8) is 0 Å². The maximum absolute atomic E-state index is 5.38. The zero-order chi connectivity index (χ0) is 14.8. The van der Waals surface area contributed by atoms with Gasteiger partial charge in [0, 0.05) is 10.7 Å². The third-order valence-electron chi connectivity index (χ3n) is 3.44. The molecule has 1 aromatic carbocycles. The van der Waals surface area contributed by atoms with Crippen LogP contribution in [-0.4, -0.2) is 16.5 Å². The van der Waals surface area contributed by atoms with Crippen LogP contribution < -0.4 is 10.1 Å². The van der Waals surface area contributed by atoms with Gasteiger partial charge < -0.3 is 14.5 Å². The zero-order valence-corrected chi connectivity index (χ0v) is 13.5. The van der Waals surface area contributed by atoms with Gasteiger partial charge >= 0.3 is 0 Å². The molecule has 3 rings (SSSR count). The van der Waals surface area contributed by atoms with Gasteiger partial charge in [-0.05, 0) is 37.3 Å². The number of hydrogen-bond donors (Lipinski definition) is 1. The average molecular weight is 346 g/mol. The highest BCUT2D eigenvalue weighted by Crippen LogP contribution is 2.28. The highest BCUT2D eigenvalue weighted by molar-refractivity contribution is 9.10. The van der Waals surface area contributed by atoms with Gasteiger partial charge in [0.2, 0.25) is 0 Å². The number of rotatable bonds is 4. The van der Waals surface area contributed by atoms with Gasteiger partial charge in [0.05, 0.1) is 30.7 Å². The van der Waals surface area contributed by atoms with Gasteiger partial charge in [-0.25, -0.2) is 4.98 Å². The number of aromatic nitrogens is 2. The first-order valence-corrected chi connectivity index (χ1v) is 7.48. The minimum atomic E-state index is 0.684. The fourth-order valence-electron chi connectivity index (χ4n) is 2.37. The average Bonchev–Trinajstić information content (AvgIpc) is 2.81. The topological polar surface area (TPSA) is 38.6 Å². The van der Waals surface area contributed by atoms with Crippen LogP contribution in [0.15, 0.2) is 47.1 Å². The summed E-state index contributed by atoms with van der Waals surface area (Å²) in [5.74, 6) is 0.824. The molecular weight excluding hydrogens is 330 g/mol. The number of pyridine rings is 1. The van der Waals surface area contributed by atoms with E-state index in [1.165, 1.54) is 0 Å². The zero-order valence-electron chi connectivity index (χ0n) is 11.9. The Hall–Kier alpha value is -2.01. The van der Waals surface area contributed by atoms with E-state index in [0.717, 1.165) is 32.9 Å². The number of methoxy groups -OCH3 is 1. The molecule has 0 aliphatic carbocycles. The Balaban J connectivity index is 1.90. The second kappa shape index (κ2) is 5.77. The quantitative estimate of drug-likeness (QED) is 0.775. The number of imidazole rings is 1. The highest BCUT2D eigenvalue weighted by Gasteiger charge is 2.09. The summed E-state index contributed by atoms with van der Waals surface area (Å²) in [5, 5.41) is 3.42. The van der Waals surface area contributed by atoms with Crippen molar-refractivity contribution in [2.75, 3.05) is 12.4 Å². The van der Waals surface area contributed by atoms with Gasteiger partial charge in [0.25, 0.3) is 0 Å². The minimum Gasteiger partial charge on any atom is -0.495 e. The van der Waals surface area contributed by atoms with Crippen LogP contribution in [0.25, 0.3) is 5.65 Å². The number of ether oxygens (including phenoxy) is 1. The largest absolute Gasteiger partial charge is 0.495 e. The van der Waals surface area contributed by atoms with Crippen LogP contribution in [0.3, 0.4) is 0 Å². The number of anilines is 1. The van der Waals surface area contributed by atoms with E-state index in [1.54, 1.807) is 7.11 Å². The summed E-state index contributed by atoms with van der Waals surface area (Å²) < 4.78 is 8.50. The summed E-state index contributed by atoms with van der Waals surface area (Å²) in [5.41, 5.74) is 4.10. The predicted octanol–water partition coefficient (Wildman–Crippen LogP) is 4.03. The van der Waals surface area contributed by atoms with E-state index in [1.807, 2.05) is 49.5 Å². The van der Waals surface area contributed by atoms with Crippen molar-refractivity contribution in [2.24, 2.45) is 0 Å². The van der Waals surface area contributed by atoms with Gasteiger partial charge in [-0.15, -0.1) is 0 Å². The Bertz CT molecular complexity index is 782. The second-order valence-corrected chi connectivity index (χ2v) is 5.69. The number of benzene rings is 1. The maximum Gasteiger partial charge on any atom is 0.142 e. The number of hydrogen-bond acceptors (Lipinski definition) is 3. The van der Waals surface area contributed by atoms with E-state index in [9.17, 15) is 0 Å². The van der Waals surface area contributed by atoms with Crippen LogP contribution in [0.4, 0.5) is 5.69 Å². The summed E-state index contributed by atoms with van der Waals surface area (Å²) in [7, 11) is 1.67. The third kappa shape index (κ3) is 2.74. The Morgan fingerprint density at radius 3 is 2.95 bits per heavy atom. The molecule has 0 unspecified atom stereocenters.